The zero-order valence-corrected chi connectivity index (χ0v) is 17.3. The maximum Gasteiger partial charge on any atom is 0.227 e. The van der Waals surface area contributed by atoms with Gasteiger partial charge in [0.1, 0.15) is 11.5 Å². The summed E-state index contributed by atoms with van der Waals surface area (Å²) in [6.45, 7) is 4.96. The molecule has 1 unspecified atom stereocenters. The van der Waals surface area contributed by atoms with E-state index in [1.807, 2.05) is 60.7 Å². The van der Waals surface area contributed by atoms with Gasteiger partial charge in [-0.2, -0.15) is 0 Å². The van der Waals surface area contributed by atoms with E-state index >= 15 is 0 Å². The first-order chi connectivity index (χ1) is 14.6. The van der Waals surface area contributed by atoms with Crippen molar-refractivity contribution in [3.8, 4) is 11.5 Å². The normalized spacial score (nSPS) is 18.8. The zero-order valence-electron chi connectivity index (χ0n) is 17.3. The SMILES string of the molecule is CC1(C(=O)NCc2ccccn2)CCN(Cc2cccc(Oc3ccccc3)c2)C1. The Hall–Kier alpha value is -3.18. The molecule has 1 aliphatic rings. The molecule has 0 saturated carbocycles. The fourth-order valence-corrected chi connectivity index (χ4v) is 3.85. The molecule has 4 rings (SSSR count). The van der Waals surface area contributed by atoms with E-state index in [9.17, 15) is 4.79 Å². The maximum absolute atomic E-state index is 12.8. The van der Waals surface area contributed by atoms with Crippen LogP contribution in [0.15, 0.2) is 79.0 Å². The molecule has 1 atom stereocenters. The minimum absolute atomic E-state index is 0.0943. The molecule has 1 amide bonds. The van der Waals surface area contributed by atoms with E-state index in [-0.39, 0.29) is 11.3 Å². The van der Waals surface area contributed by atoms with Crippen molar-refractivity contribution in [3.63, 3.8) is 0 Å². The van der Waals surface area contributed by atoms with Crippen molar-refractivity contribution in [2.75, 3.05) is 13.1 Å². The molecule has 3 aromatic rings. The van der Waals surface area contributed by atoms with Crippen LogP contribution in [0.25, 0.3) is 0 Å². The third-order valence-electron chi connectivity index (χ3n) is 5.54. The number of aromatic nitrogens is 1. The lowest BCUT2D eigenvalue weighted by molar-refractivity contribution is -0.129. The molecule has 0 spiro atoms. The summed E-state index contributed by atoms with van der Waals surface area (Å²) < 4.78 is 5.95. The third-order valence-corrected chi connectivity index (χ3v) is 5.54. The minimum Gasteiger partial charge on any atom is -0.457 e. The second kappa shape index (κ2) is 9.09. The summed E-state index contributed by atoms with van der Waals surface area (Å²) in [5.74, 6) is 1.75. The van der Waals surface area contributed by atoms with Gasteiger partial charge in [-0.15, -0.1) is 0 Å². The largest absolute Gasteiger partial charge is 0.457 e. The number of hydrogen-bond donors (Lipinski definition) is 1. The van der Waals surface area contributed by atoms with E-state index in [1.54, 1.807) is 6.20 Å². The van der Waals surface area contributed by atoms with E-state index < -0.39 is 0 Å². The number of benzene rings is 2. The molecule has 1 fully saturated rings. The summed E-state index contributed by atoms with van der Waals surface area (Å²) in [5, 5.41) is 3.05. The highest BCUT2D eigenvalue weighted by molar-refractivity contribution is 5.82. The highest BCUT2D eigenvalue weighted by Gasteiger charge is 2.40. The van der Waals surface area contributed by atoms with Gasteiger partial charge in [0.15, 0.2) is 0 Å². The molecule has 0 aliphatic carbocycles. The quantitative estimate of drug-likeness (QED) is 0.637. The molecule has 0 bridgehead atoms. The number of rotatable bonds is 7. The predicted molar refractivity (Wildman–Crippen MR) is 117 cm³/mol. The van der Waals surface area contributed by atoms with Crippen LogP contribution in [0, 0.1) is 5.41 Å². The molecule has 2 aromatic carbocycles. The number of likely N-dealkylation sites (tertiary alicyclic amines) is 1. The molecular weight excluding hydrogens is 374 g/mol. The topological polar surface area (TPSA) is 54.5 Å². The van der Waals surface area contributed by atoms with Crippen molar-refractivity contribution in [2.45, 2.75) is 26.4 Å². The first-order valence-electron chi connectivity index (χ1n) is 10.3. The number of para-hydroxylation sites is 1. The fourth-order valence-electron chi connectivity index (χ4n) is 3.85. The number of amides is 1. The number of hydrogen-bond acceptors (Lipinski definition) is 4. The second-order valence-electron chi connectivity index (χ2n) is 8.09. The first kappa shape index (κ1) is 20.1. The lowest BCUT2D eigenvalue weighted by Crippen LogP contribution is -2.40. The summed E-state index contributed by atoms with van der Waals surface area (Å²) in [4.78, 5) is 19.4. The highest BCUT2D eigenvalue weighted by Crippen LogP contribution is 2.32. The van der Waals surface area contributed by atoms with Crippen LogP contribution >= 0.6 is 0 Å². The summed E-state index contributed by atoms with van der Waals surface area (Å²) >= 11 is 0. The van der Waals surface area contributed by atoms with Crippen molar-refractivity contribution in [1.29, 1.82) is 0 Å². The van der Waals surface area contributed by atoms with Gasteiger partial charge >= 0.3 is 0 Å². The molecule has 30 heavy (non-hydrogen) atoms. The average Bonchev–Trinajstić information content (AvgIpc) is 3.15. The Kier molecular flexibility index (Phi) is 6.10. The number of nitrogens with zero attached hydrogens (tertiary/aromatic N) is 2. The first-order valence-corrected chi connectivity index (χ1v) is 10.3. The van der Waals surface area contributed by atoms with Crippen molar-refractivity contribution in [3.05, 3.63) is 90.3 Å². The number of carbonyl (C=O) groups is 1. The lowest BCUT2D eigenvalue weighted by Gasteiger charge is -2.24. The fraction of sp³-hybridized carbons (Fsp3) is 0.280. The molecule has 1 aromatic heterocycles. The Morgan fingerprint density at radius 3 is 2.67 bits per heavy atom. The van der Waals surface area contributed by atoms with Crippen LogP contribution in [0.4, 0.5) is 0 Å². The Morgan fingerprint density at radius 1 is 1.07 bits per heavy atom. The standard InChI is InChI=1S/C25H27N3O2/c1-25(24(29)27-17-21-9-5-6-14-26-21)13-15-28(19-25)18-20-8-7-12-23(16-20)30-22-10-3-2-4-11-22/h2-12,14,16H,13,15,17-19H2,1H3,(H,27,29). The van der Waals surface area contributed by atoms with Crippen LogP contribution in [0.5, 0.6) is 11.5 Å². The van der Waals surface area contributed by atoms with Gasteiger partial charge in [-0.1, -0.05) is 36.4 Å². The summed E-state index contributed by atoms with van der Waals surface area (Å²) in [7, 11) is 0. The van der Waals surface area contributed by atoms with Gasteiger partial charge in [-0.05, 0) is 61.9 Å². The van der Waals surface area contributed by atoms with E-state index in [0.717, 1.165) is 43.2 Å². The van der Waals surface area contributed by atoms with Crippen LogP contribution in [-0.4, -0.2) is 28.9 Å². The average molecular weight is 402 g/mol. The zero-order chi connectivity index (χ0) is 20.8. The highest BCUT2D eigenvalue weighted by atomic mass is 16.5. The van der Waals surface area contributed by atoms with Crippen LogP contribution in [0.2, 0.25) is 0 Å². The van der Waals surface area contributed by atoms with Gasteiger partial charge in [0.05, 0.1) is 17.7 Å². The van der Waals surface area contributed by atoms with E-state index in [2.05, 4.69) is 34.3 Å². The number of ether oxygens (including phenoxy) is 1. The van der Waals surface area contributed by atoms with Gasteiger partial charge in [0, 0.05) is 19.3 Å². The molecule has 154 valence electrons. The van der Waals surface area contributed by atoms with Gasteiger partial charge in [-0.25, -0.2) is 0 Å². The molecule has 1 saturated heterocycles. The smallest absolute Gasteiger partial charge is 0.227 e. The molecule has 5 heteroatoms. The lowest BCUT2D eigenvalue weighted by atomic mass is 9.88. The van der Waals surface area contributed by atoms with Crippen molar-refractivity contribution in [1.82, 2.24) is 15.2 Å². The predicted octanol–water partition coefficient (Wildman–Crippen LogP) is 4.40. The Labute approximate surface area is 177 Å². The van der Waals surface area contributed by atoms with Crippen molar-refractivity contribution in [2.24, 2.45) is 5.41 Å². The Bertz CT molecular complexity index is 978. The summed E-state index contributed by atoms with van der Waals surface area (Å²) in [6.07, 6.45) is 2.59. The maximum atomic E-state index is 12.8. The van der Waals surface area contributed by atoms with Crippen molar-refractivity contribution < 1.29 is 9.53 Å². The minimum atomic E-state index is -0.382. The molecule has 1 aliphatic heterocycles. The number of carbonyl (C=O) groups excluding carboxylic acids is 1. The van der Waals surface area contributed by atoms with E-state index in [4.69, 9.17) is 4.74 Å². The van der Waals surface area contributed by atoms with E-state index in [0.29, 0.717) is 6.54 Å². The Morgan fingerprint density at radius 2 is 1.87 bits per heavy atom. The molecule has 1 N–H and O–H groups in total. The van der Waals surface area contributed by atoms with Gasteiger partial charge < -0.3 is 10.1 Å². The molecular formula is C25H27N3O2. The third kappa shape index (κ3) is 5.05. The van der Waals surface area contributed by atoms with E-state index in [1.165, 1.54) is 5.56 Å². The van der Waals surface area contributed by atoms with Crippen LogP contribution < -0.4 is 10.1 Å². The van der Waals surface area contributed by atoms with Crippen LogP contribution in [-0.2, 0) is 17.9 Å². The monoisotopic (exact) mass is 401 g/mol. The molecule has 5 nitrogen and oxygen atoms in total. The van der Waals surface area contributed by atoms with Gasteiger partial charge in [0.2, 0.25) is 5.91 Å². The second-order valence-corrected chi connectivity index (χ2v) is 8.09. The summed E-state index contributed by atoms with van der Waals surface area (Å²) in [5.41, 5.74) is 1.67. The number of nitrogens with one attached hydrogen (secondary N) is 1. The summed E-state index contributed by atoms with van der Waals surface area (Å²) in [6, 6.07) is 23.7. The van der Waals surface area contributed by atoms with Gasteiger partial charge in [-0.3, -0.25) is 14.7 Å². The molecule has 2 heterocycles. The van der Waals surface area contributed by atoms with Crippen molar-refractivity contribution >= 4 is 5.91 Å². The number of pyridine rings is 1. The van der Waals surface area contributed by atoms with Gasteiger partial charge in [0.25, 0.3) is 0 Å². The molecule has 0 radical (unpaired) electrons. The Balaban J connectivity index is 1.33. The van der Waals surface area contributed by atoms with Crippen LogP contribution in [0.3, 0.4) is 0 Å². The van der Waals surface area contributed by atoms with Crippen LogP contribution in [0.1, 0.15) is 24.6 Å².